The minimum absolute atomic E-state index is 0.0112. The third kappa shape index (κ3) is 2.44. The maximum Gasteiger partial charge on any atom is 0.309 e. The van der Waals surface area contributed by atoms with Crippen molar-refractivity contribution >= 4 is 5.97 Å². The molecule has 0 aliphatic heterocycles. The van der Waals surface area contributed by atoms with Gasteiger partial charge < -0.3 is 9.47 Å². The van der Waals surface area contributed by atoms with Crippen molar-refractivity contribution in [1.82, 2.24) is 0 Å². The van der Waals surface area contributed by atoms with Crippen LogP contribution >= 0.6 is 0 Å². The van der Waals surface area contributed by atoms with Crippen LogP contribution in [0.3, 0.4) is 0 Å². The minimum Gasteiger partial charge on any atom is -0.481 e. The maximum absolute atomic E-state index is 13.5. The molecule has 1 aliphatic carbocycles. The Bertz CT molecular complexity index is 435. The first-order chi connectivity index (χ1) is 8.56. The van der Waals surface area contributed by atoms with Crippen LogP contribution in [0, 0.1) is 11.6 Å². The molecule has 0 radical (unpaired) electrons. The molecular formula is C13H14F2O3. The van der Waals surface area contributed by atoms with Crippen molar-refractivity contribution in [3.63, 3.8) is 0 Å². The molecule has 98 valence electrons. The predicted molar refractivity (Wildman–Crippen MR) is 60.2 cm³/mol. The van der Waals surface area contributed by atoms with Gasteiger partial charge in [0.15, 0.2) is 17.4 Å². The van der Waals surface area contributed by atoms with Crippen LogP contribution in [-0.4, -0.2) is 18.7 Å². The average molecular weight is 256 g/mol. The Balaban J connectivity index is 2.18. The summed E-state index contributed by atoms with van der Waals surface area (Å²) in [7, 11) is 1.28. The topological polar surface area (TPSA) is 35.5 Å². The number of hydrogen-bond acceptors (Lipinski definition) is 3. The van der Waals surface area contributed by atoms with Crippen LogP contribution in [0.25, 0.3) is 0 Å². The van der Waals surface area contributed by atoms with Gasteiger partial charge in [-0.1, -0.05) is 6.07 Å². The Morgan fingerprint density at radius 1 is 1.33 bits per heavy atom. The fourth-order valence-electron chi connectivity index (χ4n) is 2.02. The number of para-hydroxylation sites is 1. The van der Waals surface area contributed by atoms with Crippen LogP contribution in [0.5, 0.6) is 5.75 Å². The van der Waals surface area contributed by atoms with E-state index in [-0.39, 0.29) is 6.42 Å². The molecule has 18 heavy (non-hydrogen) atoms. The monoisotopic (exact) mass is 256 g/mol. The summed E-state index contributed by atoms with van der Waals surface area (Å²) in [4.78, 5) is 11.3. The fourth-order valence-corrected chi connectivity index (χ4v) is 2.02. The summed E-state index contributed by atoms with van der Waals surface area (Å²) in [5.74, 6) is -2.37. The van der Waals surface area contributed by atoms with Gasteiger partial charge in [-0.15, -0.1) is 0 Å². The second-order valence-corrected chi connectivity index (χ2v) is 4.44. The molecule has 0 atom stereocenters. The van der Waals surface area contributed by atoms with Crippen molar-refractivity contribution in [2.75, 3.05) is 7.11 Å². The van der Waals surface area contributed by atoms with Crippen LogP contribution in [0.1, 0.15) is 25.7 Å². The van der Waals surface area contributed by atoms with Crippen LogP contribution in [0.2, 0.25) is 0 Å². The van der Waals surface area contributed by atoms with Crippen LogP contribution in [0.15, 0.2) is 18.2 Å². The molecule has 1 aromatic rings. The van der Waals surface area contributed by atoms with Gasteiger partial charge in [0.05, 0.1) is 13.5 Å². The highest BCUT2D eigenvalue weighted by atomic mass is 19.1. The van der Waals surface area contributed by atoms with E-state index in [9.17, 15) is 13.6 Å². The number of carbonyl (C=O) groups excluding carboxylic acids is 1. The van der Waals surface area contributed by atoms with E-state index >= 15 is 0 Å². The van der Waals surface area contributed by atoms with Gasteiger partial charge in [-0.25, -0.2) is 8.78 Å². The number of ether oxygens (including phenoxy) is 2. The standard InChI is InChI=1S/C13H14F2O3/c1-17-11(16)8-13(6-3-7-13)18-12-9(14)4-2-5-10(12)15/h2,4-5H,3,6-8H2,1H3. The molecule has 0 heterocycles. The van der Waals surface area contributed by atoms with E-state index in [0.717, 1.165) is 18.6 Å². The highest BCUT2D eigenvalue weighted by molar-refractivity contribution is 5.70. The molecule has 1 fully saturated rings. The maximum atomic E-state index is 13.5. The van der Waals surface area contributed by atoms with Crippen molar-refractivity contribution in [3.05, 3.63) is 29.8 Å². The lowest BCUT2D eigenvalue weighted by Crippen LogP contribution is -2.45. The third-order valence-electron chi connectivity index (χ3n) is 3.20. The molecule has 1 aromatic carbocycles. The normalized spacial score (nSPS) is 16.8. The Labute approximate surface area is 104 Å². The van der Waals surface area contributed by atoms with E-state index in [0.29, 0.717) is 12.8 Å². The van der Waals surface area contributed by atoms with Crippen molar-refractivity contribution < 1.29 is 23.0 Å². The highest BCUT2D eigenvalue weighted by Gasteiger charge is 2.42. The minimum atomic E-state index is -0.823. The summed E-state index contributed by atoms with van der Waals surface area (Å²) in [5, 5.41) is 0. The molecular weight excluding hydrogens is 242 g/mol. The number of benzene rings is 1. The van der Waals surface area contributed by atoms with Gasteiger partial charge in [-0.3, -0.25) is 4.79 Å². The largest absolute Gasteiger partial charge is 0.481 e. The fraction of sp³-hybridized carbons (Fsp3) is 0.462. The average Bonchev–Trinajstić information content (AvgIpc) is 2.30. The quantitative estimate of drug-likeness (QED) is 0.777. The lowest BCUT2D eigenvalue weighted by Gasteiger charge is -2.41. The zero-order chi connectivity index (χ0) is 13.2. The van der Waals surface area contributed by atoms with Gasteiger partial charge >= 0.3 is 5.97 Å². The van der Waals surface area contributed by atoms with Crippen LogP contribution in [-0.2, 0) is 9.53 Å². The SMILES string of the molecule is COC(=O)CC1(Oc2c(F)cccc2F)CCC1. The van der Waals surface area contributed by atoms with Crippen LogP contribution in [0.4, 0.5) is 8.78 Å². The molecule has 5 heteroatoms. The smallest absolute Gasteiger partial charge is 0.309 e. The van der Waals surface area contributed by atoms with E-state index in [1.165, 1.54) is 13.2 Å². The summed E-state index contributed by atoms with van der Waals surface area (Å²) in [6.45, 7) is 0. The van der Waals surface area contributed by atoms with Crippen molar-refractivity contribution in [1.29, 1.82) is 0 Å². The summed E-state index contributed by atoms with van der Waals surface area (Å²) in [6, 6.07) is 3.52. The van der Waals surface area contributed by atoms with Gasteiger partial charge in [0.25, 0.3) is 0 Å². The molecule has 0 N–H and O–H groups in total. The van der Waals surface area contributed by atoms with Crippen molar-refractivity contribution in [2.45, 2.75) is 31.3 Å². The van der Waals surface area contributed by atoms with Gasteiger partial charge in [0.2, 0.25) is 0 Å². The molecule has 0 unspecified atom stereocenters. The number of halogens is 2. The van der Waals surface area contributed by atoms with Crippen molar-refractivity contribution in [3.8, 4) is 5.75 Å². The van der Waals surface area contributed by atoms with Crippen molar-refractivity contribution in [2.24, 2.45) is 0 Å². The Morgan fingerprint density at radius 3 is 2.39 bits per heavy atom. The number of rotatable bonds is 4. The second kappa shape index (κ2) is 4.92. The summed E-state index contributed by atoms with van der Waals surface area (Å²) >= 11 is 0. The first-order valence-corrected chi connectivity index (χ1v) is 5.76. The molecule has 0 aromatic heterocycles. The molecule has 1 saturated carbocycles. The molecule has 0 amide bonds. The van der Waals surface area contributed by atoms with E-state index in [1.54, 1.807) is 0 Å². The Kier molecular flexibility index (Phi) is 3.50. The Morgan fingerprint density at radius 2 is 1.94 bits per heavy atom. The first-order valence-electron chi connectivity index (χ1n) is 5.76. The first kappa shape index (κ1) is 12.8. The summed E-state index contributed by atoms with van der Waals surface area (Å²) < 4.78 is 37.0. The third-order valence-corrected chi connectivity index (χ3v) is 3.20. The zero-order valence-corrected chi connectivity index (χ0v) is 10.0. The lowest BCUT2D eigenvalue weighted by molar-refractivity contribution is -0.148. The van der Waals surface area contributed by atoms with E-state index in [4.69, 9.17) is 4.74 Å². The Hall–Kier alpha value is -1.65. The van der Waals surface area contributed by atoms with E-state index in [1.807, 2.05) is 0 Å². The predicted octanol–water partition coefficient (Wildman–Crippen LogP) is 2.83. The molecule has 1 aliphatic rings. The molecule has 0 spiro atoms. The van der Waals surface area contributed by atoms with Gasteiger partial charge in [-0.2, -0.15) is 0 Å². The number of methoxy groups -OCH3 is 1. The number of esters is 1. The molecule has 3 nitrogen and oxygen atoms in total. The summed E-state index contributed by atoms with van der Waals surface area (Å²) in [5.41, 5.74) is -0.823. The molecule has 0 bridgehead atoms. The van der Waals surface area contributed by atoms with Gasteiger partial charge in [-0.05, 0) is 31.4 Å². The number of hydrogen-bond donors (Lipinski definition) is 0. The second-order valence-electron chi connectivity index (χ2n) is 4.44. The van der Waals surface area contributed by atoms with Gasteiger partial charge in [0.1, 0.15) is 5.60 Å². The van der Waals surface area contributed by atoms with Gasteiger partial charge in [0, 0.05) is 0 Å². The summed E-state index contributed by atoms with van der Waals surface area (Å²) in [6.07, 6.45) is 2.07. The van der Waals surface area contributed by atoms with E-state index in [2.05, 4.69) is 4.74 Å². The molecule has 0 saturated heterocycles. The number of carbonyl (C=O) groups is 1. The highest BCUT2D eigenvalue weighted by Crippen LogP contribution is 2.41. The van der Waals surface area contributed by atoms with E-state index < -0.39 is 29.0 Å². The molecule has 2 rings (SSSR count). The van der Waals surface area contributed by atoms with Crippen LogP contribution < -0.4 is 4.74 Å². The lowest BCUT2D eigenvalue weighted by atomic mass is 9.77. The zero-order valence-electron chi connectivity index (χ0n) is 10.0.